The number of fused-ring (bicyclic) bond motifs is 5. The second-order valence-corrected chi connectivity index (χ2v) is 9.60. The molecule has 138 valence electrons. The maximum absolute atomic E-state index is 12.0. The molecule has 4 fully saturated rings. The first kappa shape index (κ1) is 17.2. The molecule has 0 amide bonds. The van der Waals surface area contributed by atoms with Crippen molar-refractivity contribution < 1.29 is 14.3 Å². The number of esters is 1. The van der Waals surface area contributed by atoms with E-state index in [1.54, 1.807) is 0 Å². The monoisotopic (exact) mass is 345 g/mol. The molecule has 0 radical (unpaired) electrons. The summed E-state index contributed by atoms with van der Waals surface area (Å²) in [6, 6.07) is 0. The van der Waals surface area contributed by atoms with E-state index in [2.05, 4.69) is 13.8 Å². The lowest BCUT2D eigenvalue weighted by Gasteiger charge is -2.59. The summed E-state index contributed by atoms with van der Waals surface area (Å²) in [7, 11) is 0. The molecule has 7 atom stereocenters. The number of Topliss-reactive ketones (excluding diaryl/α,β-unsaturated/α-hetero) is 1. The van der Waals surface area contributed by atoms with Gasteiger partial charge in [0.05, 0.1) is 5.71 Å². The van der Waals surface area contributed by atoms with E-state index in [0.717, 1.165) is 44.9 Å². The van der Waals surface area contributed by atoms with Crippen LogP contribution in [0.15, 0.2) is 0 Å². The largest absolute Gasteiger partial charge is 0.456 e. The normalized spacial score (nSPS) is 49.2. The first-order chi connectivity index (χ1) is 11.8. The summed E-state index contributed by atoms with van der Waals surface area (Å²) >= 11 is 0. The van der Waals surface area contributed by atoms with Gasteiger partial charge in [-0.3, -0.25) is 9.59 Å². The van der Waals surface area contributed by atoms with Crippen LogP contribution >= 0.6 is 0 Å². The van der Waals surface area contributed by atoms with E-state index in [-0.39, 0.29) is 17.5 Å². The van der Waals surface area contributed by atoms with Gasteiger partial charge in [-0.2, -0.15) is 0 Å². The van der Waals surface area contributed by atoms with E-state index >= 15 is 0 Å². The molecule has 4 nitrogen and oxygen atoms in total. The van der Waals surface area contributed by atoms with Crippen LogP contribution in [0, 0.1) is 39.9 Å². The van der Waals surface area contributed by atoms with Crippen molar-refractivity contribution in [2.75, 3.05) is 0 Å². The molecule has 0 spiro atoms. The van der Waals surface area contributed by atoms with Crippen LogP contribution < -0.4 is 0 Å². The minimum atomic E-state index is -0.315. The summed E-state index contributed by atoms with van der Waals surface area (Å²) in [5.41, 5.74) is 0.840. The number of hydrogen-bond donors (Lipinski definition) is 1. The van der Waals surface area contributed by atoms with E-state index < -0.39 is 0 Å². The second kappa shape index (κ2) is 5.65. The Morgan fingerprint density at radius 1 is 1.16 bits per heavy atom. The van der Waals surface area contributed by atoms with E-state index in [0.29, 0.717) is 40.6 Å². The van der Waals surface area contributed by atoms with E-state index in [1.165, 1.54) is 13.3 Å². The third kappa shape index (κ3) is 2.43. The summed E-state index contributed by atoms with van der Waals surface area (Å²) in [6.45, 7) is 6.12. The van der Waals surface area contributed by atoms with Crippen molar-refractivity contribution in [1.29, 1.82) is 5.41 Å². The van der Waals surface area contributed by atoms with Gasteiger partial charge >= 0.3 is 5.97 Å². The Morgan fingerprint density at radius 2 is 1.92 bits per heavy atom. The zero-order valence-electron chi connectivity index (χ0n) is 15.8. The maximum atomic E-state index is 12.0. The molecule has 4 aliphatic rings. The fourth-order valence-electron chi connectivity index (χ4n) is 7.16. The highest BCUT2D eigenvalue weighted by Crippen LogP contribution is 2.65. The average Bonchev–Trinajstić information content (AvgIpc) is 2.79. The van der Waals surface area contributed by atoms with Crippen LogP contribution in [-0.4, -0.2) is 23.6 Å². The first-order valence-corrected chi connectivity index (χ1v) is 10.0. The summed E-state index contributed by atoms with van der Waals surface area (Å²) in [5, 5.41) is 8.66. The van der Waals surface area contributed by atoms with Gasteiger partial charge in [0, 0.05) is 25.2 Å². The van der Waals surface area contributed by atoms with E-state index in [4.69, 9.17) is 10.1 Å². The lowest BCUT2D eigenvalue weighted by atomic mass is 9.45. The molecule has 0 aromatic heterocycles. The van der Waals surface area contributed by atoms with Crippen molar-refractivity contribution in [2.24, 2.45) is 34.5 Å². The van der Waals surface area contributed by atoms with Crippen molar-refractivity contribution >= 4 is 17.5 Å². The zero-order chi connectivity index (χ0) is 18.0. The van der Waals surface area contributed by atoms with Crippen LogP contribution in [0.1, 0.15) is 72.1 Å². The van der Waals surface area contributed by atoms with Gasteiger partial charge in [0.25, 0.3) is 0 Å². The Bertz CT molecular complexity index is 629. The molecule has 0 bridgehead atoms. The summed E-state index contributed by atoms with van der Waals surface area (Å²) in [4.78, 5) is 23.4. The third-order valence-corrected chi connectivity index (χ3v) is 8.58. The molecule has 1 N–H and O–H groups in total. The third-order valence-electron chi connectivity index (χ3n) is 8.58. The van der Waals surface area contributed by atoms with Gasteiger partial charge in [0.15, 0.2) is 0 Å². The molecule has 0 aliphatic heterocycles. The van der Waals surface area contributed by atoms with E-state index in [9.17, 15) is 9.59 Å². The number of nitrogens with one attached hydrogen (secondary N) is 1. The summed E-state index contributed by atoms with van der Waals surface area (Å²) in [5.74, 6) is 2.49. The highest BCUT2D eigenvalue weighted by molar-refractivity contribution is 5.95. The van der Waals surface area contributed by atoms with Gasteiger partial charge in [-0.1, -0.05) is 13.8 Å². The minimum Gasteiger partial charge on any atom is -0.456 e. The van der Waals surface area contributed by atoms with Crippen LogP contribution in [-0.2, 0) is 14.3 Å². The van der Waals surface area contributed by atoms with Crippen molar-refractivity contribution in [1.82, 2.24) is 0 Å². The van der Waals surface area contributed by atoms with Crippen LogP contribution in [0.3, 0.4) is 0 Å². The van der Waals surface area contributed by atoms with Crippen molar-refractivity contribution in [3.63, 3.8) is 0 Å². The van der Waals surface area contributed by atoms with Gasteiger partial charge < -0.3 is 10.1 Å². The molecule has 4 heteroatoms. The van der Waals surface area contributed by atoms with Crippen molar-refractivity contribution in [3.05, 3.63) is 0 Å². The molecular weight excluding hydrogens is 314 g/mol. The molecule has 0 saturated heterocycles. The standard InChI is InChI=1S/C21H31NO3/c1-12(23)25-18-11-17-15-5-4-13-10-14(24)6-8-20(13,2)16(15)7-9-21(17,3)19(18)22/h13,15-18,22H,4-11H2,1-3H3/t13?,15-,16-,17+,18?,20+,21+/m1/s1. The fourth-order valence-corrected chi connectivity index (χ4v) is 7.16. The summed E-state index contributed by atoms with van der Waals surface area (Å²) in [6.07, 6.45) is 7.63. The van der Waals surface area contributed by atoms with Crippen molar-refractivity contribution in [2.45, 2.75) is 78.2 Å². The number of carbonyl (C=O) groups is 2. The second-order valence-electron chi connectivity index (χ2n) is 9.60. The Labute approximate surface area is 150 Å². The Hall–Kier alpha value is -1.19. The SMILES string of the molecule is CC(=O)OC1C[C@H]2[C@@H]3CCC4CC(=O)CC[C@]4(C)[C@@H]3CC[C@]2(C)C1=N. The average molecular weight is 345 g/mol. The Balaban J connectivity index is 1.61. The molecule has 4 saturated carbocycles. The lowest BCUT2D eigenvalue weighted by Crippen LogP contribution is -2.53. The molecule has 0 aromatic carbocycles. The van der Waals surface area contributed by atoms with Crippen LogP contribution in [0.4, 0.5) is 0 Å². The molecule has 4 rings (SSSR count). The number of ketones is 1. The topological polar surface area (TPSA) is 67.2 Å². The number of hydrogen-bond acceptors (Lipinski definition) is 4. The quantitative estimate of drug-likeness (QED) is 0.726. The van der Waals surface area contributed by atoms with Gasteiger partial charge in [0.2, 0.25) is 0 Å². The minimum absolute atomic E-state index is 0.102. The first-order valence-electron chi connectivity index (χ1n) is 10.0. The summed E-state index contributed by atoms with van der Waals surface area (Å²) < 4.78 is 5.50. The molecule has 25 heavy (non-hydrogen) atoms. The maximum Gasteiger partial charge on any atom is 0.303 e. The fraction of sp³-hybridized carbons (Fsp3) is 0.857. The number of ether oxygens (including phenoxy) is 1. The number of carbonyl (C=O) groups excluding carboxylic acids is 2. The van der Waals surface area contributed by atoms with Crippen molar-refractivity contribution in [3.8, 4) is 0 Å². The lowest BCUT2D eigenvalue weighted by molar-refractivity contribution is -0.144. The molecule has 0 aromatic rings. The zero-order valence-corrected chi connectivity index (χ0v) is 15.8. The van der Waals surface area contributed by atoms with Crippen LogP contribution in [0.2, 0.25) is 0 Å². The Kier molecular flexibility index (Phi) is 3.90. The van der Waals surface area contributed by atoms with Gasteiger partial charge in [-0.05, 0) is 67.6 Å². The Morgan fingerprint density at radius 3 is 2.64 bits per heavy atom. The molecule has 2 unspecified atom stereocenters. The highest BCUT2D eigenvalue weighted by atomic mass is 16.5. The molecular formula is C21H31NO3. The van der Waals surface area contributed by atoms with Crippen LogP contribution in [0.5, 0.6) is 0 Å². The molecule has 4 aliphatic carbocycles. The van der Waals surface area contributed by atoms with Crippen LogP contribution in [0.25, 0.3) is 0 Å². The van der Waals surface area contributed by atoms with E-state index in [1.807, 2.05) is 0 Å². The number of rotatable bonds is 1. The highest BCUT2D eigenvalue weighted by Gasteiger charge is 2.61. The molecule has 0 heterocycles. The van der Waals surface area contributed by atoms with Gasteiger partial charge in [0.1, 0.15) is 11.9 Å². The predicted octanol–water partition coefficient (Wildman–Crippen LogP) is 4.16. The van der Waals surface area contributed by atoms with Gasteiger partial charge in [-0.15, -0.1) is 0 Å². The predicted molar refractivity (Wildman–Crippen MR) is 95.4 cm³/mol. The smallest absolute Gasteiger partial charge is 0.303 e. The van der Waals surface area contributed by atoms with Gasteiger partial charge in [-0.25, -0.2) is 0 Å².